The van der Waals surface area contributed by atoms with Crippen molar-refractivity contribution in [2.75, 3.05) is 6.54 Å². The minimum absolute atomic E-state index is 0.132. The fraction of sp³-hybridized carbons (Fsp3) is 0.348. The van der Waals surface area contributed by atoms with E-state index in [1.165, 1.54) is 6.07 Å². The summed E-state index contributed by atoms with van der Waals surface area (Å²) < 4.78 is 19.7. The highest BCUT2D eigenvalue weighted by molar-refractivity contribution is 5.99. The van der Waals surface area contributed by atoms with Gasteiger partial charge in [0.1, 0.15) is 5.75 Å². The summed E-state index contributed by atoms with van der Waals surface area (Å²) in [5.74, 6) is -0.0897. The molecular weight excluding hydrogens is 357 g/mol. The lowest BCUT2D eigenvalue weighted by atomic mass is 9.95. The molecule has 146 valence electrons. The number of benzene rings is 2. The summed E-state index contributed by atoms with van der Waals surface area (Å²) in [6, 6.07) is 12.1. The number of rotatable bonds is 4. The number of aryl methyl sites for hydroxylation is 2. The normalized spacial score (nSPS) is 17.2. The number of hydrogen-bond donors (Lipinski definition) is 1. The lowest BCUT2D eigenvalue weighted by Gasteiger charge is -2.35. The number of phenolic OH excluding ortho intramolecular Hbond substituents is 1. The first kappa shape index (κ1) is 18.5. The number of piperidine rings is 1. The van der Waals surface area contributed by atoms with Crippen molar-refractivity contribution in [1.82, 2.24) is 4.90 Å². The minimum Gasteiger partial charge on any atom is -0.508 e. The molecule has 1 unspecified atom stereocenters. The Hall–Kier alpha value is -2.82. The Morgan fingerprint density at radius 1 is 1.21 bits per heavy atom. The Morgan fingerprint density at radius 3 is 2.75 bits per heavy atom. The molecule has 1 atom stereocenters. The summed E-state index contributed by atoms with van der Waals surface area (Å²) in [4.78, 5) is 15.1. The number of hydrogen-bond acceptors (Lipinski definition) is 3. The molecule has 4 nitrogen and oxygen atoms in total. The highest BCUT2D eigenvalue weighted by Crippen LogP contribution is 2.30. The summed E-state index contributed by atoms with van der Waals surface area (Å²) in [6.07, 6.45) is 4.71. The van der Waals surface area contributed by atoms with E-state index in [0.29, 0.717) is 17.5 Å². The predicted octanol–water partition coefficient (Wildman–Crippen LogP) is 5.21. The van der Waals surface area contributed by atoms with Gasteiger partial charge in [-0.1, -0.05) is 24.3 Å². The van der Waals surface area contributed by atoms with E-state index >= 15 is 0 Å². The van der Waals surface area contributed by atoms with Crippen LogP contribution in [0.4, 0.5) is 4.39 Å². The molecule has 28 heavy (non-hydrogen) atoms. The van der Waals surface area contributed by atoms with Crippen LogP contribution in [0, 0.1) is 12.7 Å². The standard InChI is InChI=1S/C23H24FNO3/c1-15-19-6-4-7-20(24)22(19)28-21(15)23(27)25-14-3-2-5-17(25)11-8-16-9-12-18(26)13-10-16/h4,6-7,9-10,12-13,17,26H,2-3,5,8,11,14H2,1H3. The first-order valence-corrected chi connectivity index (χ1v) is 9.81. The third-order valence-corrected chi connectivity index (χ3v) is 5.70. The molecule has 0 spiro atoms. The Morgan fingerprint density at radius 2 is 2.00 bits per heavy atom. The second-order valence-electron chi connectivity index (χ2n) is 7.53. The fourth-order valence-electron chi connectivity index (χ4n) is 4.11. The largest absolute Gasteiger partial charge is 0.508 e. The third kappa shape index (κ3) is 3.49. The molecule has 5 heteroatoms. The van der Waals surface area contributed by atoms with Crippen molar-refractivity contribution in [3.05, 3.63) is 65.2 Å². The first-order valence-electron chi connectivity index (χ1n) is 9.81. The average Bonchev–Trinajstić information content (AvgIpc) is 3.05. The van der Waals surface area contributed by atoms with Gasteiger partial charge in [0.2, 0.25) is 0 Å². The molecule has 1 saturated heterocycles. The maximum atomic E-state index is 14.1. The van der Waals surface area contributed by atoms with Gasteiger partial charge < -0.3 is 14.4 Å². The minimum atomic E-state index is -0.442. The van der Waals surface area contributed by atoms with Gasteiger partial charge in [0.15, 0.2) is 17.2 Å². The molecule has 1 N–H and O–H groups in total. The molecule has 1 aromatic heterocycles. The van der Waals surface area contributed by atoms with Gasteiger partial charge in [-0.05, 0) is 62.8 Å². The second-order valence-corrected chi connectivity index (χ2v) is 7.53. The summed E-state index contributed by atoms with van der Waals surface area (Å²) in [5, 5.41) is 10.1. The summed E-state index contributed by atoms with van der Waals surface area (Å²) in [6.45, 7) is 2.51. The van der Waals surface area contributed by atoms with Gasteiger partial charge in [-0.15, -0.1) is 0 Å². The number of para-hydroxylation sites is 1. The van der Waals surface area contributed by atoms with Crippen LogP contribution in [-0.4, -0.2) is 28.5 Å². The number of likely N-dealkylation sites (tertiary alicyclic amines) is 1. The van der Waals surface area contributed by atoms with E-state index in [4.69, 9.17) is 4.42 Å². The van der Waals surface area contributed by atoms with Crippen molar-refractivity contribution in [3.63, 3.8) is 0 Å². The van der Waals surface area contributed by atoms with Crippen LogP contribution in [0.5, 0.6) is 5.75 Å². The van der Waals surface area contributed by atoms with Gasteiger partial charge in [0, 0.05) is 23.5 Å². The van der Waals surface area contributed by atoms with Gasteiger partial charge in [-0.3, -0.25) is 4.79 Å². The van der Waals surface area contributed by atoms with Crippen LogP contribution >= 0.6 is 0 Å². The molecule has 1 aliphatic heterocycles. The zero-order valence-corrected chi connectivity index (χ0v) is 16.0. The molecular formula is C23H24FNO3. The Kier molecular flexibility index (Phi) is 5.07. The van der Waals surface area contributed by atoms with E-state index in [9.17, 15) is 14.3 Å². The number of furan rings is 1. The molecule has 0 bridgehead atoms. The SMILES string of the molecule is Cc1c(C(=O)N2CCCCC2CCc2ccc(O)cc2)oc2c(F)cccc12. The van der Waals surface area contributed by atoms with Crippen LogP contribution in [-0.2, 0) is 6.42 Å². The third-order valence-electron chi connectivity index (χ3n) is 5.70. The second kappa shape index (κ2) is 7.66. The number of phenols is 1. The van der Waals surface area contributed by atoms with E-state index in [1.807, 2.05) is 24.0 Å². The maximum absolute atomic E-state index is 14.1. The van der Waals surface area contributed by atoms with Gasteiger partial charge in [0.25, 0.3) is 5.91 Å². The smallest absolute Gasteiger partial charge is 0.290 e. The van der Waals surface area contributed by atoms with Gasteiger partial charge in [-0.25, -0.2) is 4.39 Å². The Bertz CT molecular complexity index is 993. The molecule has 0 saturated carbocycles. The summed E-state index contributed by atoms with van der Waals surface area (Å²) >= 11 is 0. The van der Waals surface area contributed by atoms with Crippen LogP contribution in [0.15, 0.2) is 46.9 Å². The quantitative estimate of drug-likeness (QED) is 0.675. The lowest BCUT2D eigenvalue weighted by molar-refractivity contribution is 0.0570. The van der Waals surface area contributed by atoms with Crippen LogP contribution in [0.25, 0.3) is 11.0 Å². The zero-order chi connectivity index (χ0) is 19.7. The number of fused-ring (bicyclic) bond motifs is 1. The molecule has 0 aliphatic carbocycles. The van der Waals surface area contributed by atoms with Crippen LogP contribution in [0.1, 0.15) is 47.4 Å². The van der Waals surface area contributed by atoms with E-state index < -0.39 is 5.82 Å². The monoisotopic (exact) mass is 381 g/mol. The molecule has 1 amide bonds. The van der Waals surface area contributed by atoms with E-state index in [0.717, 1.165) is 37.7 Å². The van der Waals surface area contributed by atoms with Crippen LogP contribution in [0.3, 0.4) is 0 Å². The van der Waals surface area contributed by atoms with E-state index in [1.54, 1.807) is 24.3 Å². The molecule has 0 radical (unpaired) electrons. The first-order chi connectivity index (χ1) is 13.5. The average molecular weight is 381 g/mol. The summed E-state index contributed by atoms with van der Waals surface area (Å²) in [5.41, 5.74) is 1.99. The van der Waals surface area contributed by atoms with E-state index in [-0.39, 0.29) is 29.0 Å². The maximum Gasteiger partial charge on any atom is 0.290 e. The van der Waals surface area contributed by atoms with Crippen molar-refractivity contribution < 1.29 is 18.7 Å². The van der Waals surface area contributed by atoms with Gasteiger partial charge >= 0.3 is 0 Å². The van der Waals surface area contributed by atoms with Gasteiger partial charge in [-0.2, -0.15) is 0 Å². The van der Waals surface area contributed by atoms with Crippen LogP contribution in [0.2, 0.25) is 0 Å². The molecule has 4 rings (SSSR count). The zero-order valence-electron chi connectivity index (χ0n) is 16.0. The number of carbonyl (C=O) groups excluding carboxylic acids is 1. The van der Waals surface area contributed by atoms with Crippen molar-refractivity contribution in [2.45, 2.75) is 45.1 Å². The highest BCUT2D eigenvalue weighted by atomic mass is 19.1. The molecule has 3 aromatic rings. The van der Waals surface area contributed by atoms with Crippen LogP contribution < -0.4 is 0 Å². The molecule has 2 heterocycles. The number of aromatic hydroxyl groups is 1. The van der Waals surface area contributed by atoms with Crippen molar-refractivity contribution in [2.24, 2.45) is 0 Å². The molecule has 1 fully saturated rings. The topological polar surface area (TPSA) is 53.7 Å². The highest BCUT2D eigenvalue weighted by Gasteiger charge is 2.31. The Balaban J connectivity index is 1.55. The van der Waals surface area contributed by atoms with Crippen molar-refractivity contribution in [1.29, 1.82) is 0 Å². The van der Waals surface area contributed by atoms with Gasteiger partial charge in [0.05, 0.1) is 0 Å². The van der Waals surface area contributed by atoms with Crippen molar-refractivity contribution in [3.8, 4) is 5.75 Å². The number of amides is 1. The van der Waals surface area contributed by atoms with Crippen molar-refractivity contribution >= 4 is 16.9 Å². The molecule has 2 aromatic carbocycles. The number of nitrogens with zero attached hydrogens (tertiary/aromatic N) is 1. The molecule has 1 aliphatic rings. The number of halogens is 1. The Labute approximate surface area is 163 Å². The fourth-order valence-corrected chi connectivity index (χ4v) is 4.11. The predicted molar refractivity (Wildman–Crippen MR) is 106 cm³/mol. The number of carbonyl (C=O) groups is 1. The summed E-state index contributed by atoms with van der Waals surface area (Å²) in [7, 11) is 0. The van der Waals surface area contributed by atoms with E-state index in [2.05, 4.69) is 0 Å². The lowest BCUT2D eigenvalue weighted by Crippen LogP contribution is -2.44.